The van der Waals surface area contributed by atoms with Crippen LogP contribution in [0.1, 0.15) is 45.6 Å². The quantitative estimate of drug-likeness (QED) is 0.626. The molecule has 4 nitrogen and oxygen atoms in total. The van der Waals surface area contributed by atoms with Crippen LogP contribution in [0.3, 0.4) is 0 Å². The minimum Gasteiger partial charge on any atom is -0.330 e. The first-order valence-electron chi connectivity index (χ1n) is 6.94. The first-order valence-corrected chi connectivity index (χ1v) is 6.94. The topological polar surface area (TPSA) is 69.2 Å². The minimum atomic E-state index is -0.348. The average molecular weight is 266 g/mol. The summed E-state index contributed by atoms with van der Waals surface area (Å²) in [5.74, 6) is 0.634. The molecule has 2 N–H and O–H groups in total. The van der Waals surface area contributed by atoms with Gasteiger partial charge in [0.2, 0.25) is 0 Å². The number of benzene rings is 1. The van der Waals surface area contributed by atoms with E-state index in [4.69, 9.17) is 5.73 Å². The highest BCUT2D eigenvalue weighted by molar-refractivity contribution is 5.34. The molecule has 1 rings (SSSR count). The third kappa shape index (κ3) is 9.19. The van der Waals surface area contributed by atoms with Gasteiger partial charge in [0.05, 0.1) is 4.92 Å². The molecule has 0 saturated carbocycles. The van der Waals surface area contributed by atoms with Gasteiger partial charge in [0, 0.05) is 12.1 Å². The van der Waals surface area contributed by atoms with E-state index in [1.54, 1.807) is 12.1 Å². The van der Waals surface area contributed by atoms with E-state index in [2.05, 4.69) is 20.8 Å². The van der Waals surface area contributed by atoms with Gasteiger partial charge < -0.3 is 5.73 Å². The lowest BCUT2D eigenvalue weighted by Gasteiger charge is -2.03. The third-order valence-corrected chi connectivity index (χ3v) is 2.69. The van der Waals surface area contributed by atoms with Crippen molar-refractivity contribution in [1.82, 2.24) is 0 Å². The number of hydrogen-bond acceptors (Lipinski definition) is 3. The first-order chi connectivity index (χ1) is 9.01. The highest BCUT2D eigenvalue weighted by Gasteiger charge is 2.05. The van der Waals surface area contributed by atoms with Gasteiger partial charge >= 0.3 is 0 Å². The summed E-state index contributed by atoms with van der Waals surface area (Å²) in [5.41, 5.74) is 6.37. The molecule has 0 radical (unpaired) electrons. The molecule has 4 heteroatoms. The maximum atomic E-state index is 10.5. The zero-order valence-electron chi connectivity index (χ0n) is 12.3. The Morgan fingerprint density at radius 3 is 2.47 bits per heavy atom. The zero-order chi connectivity index (χ0) is 14.7. The van der Waals surface area contributed by atoms with E-state index >= 15 is 0 Å². The molecule has 0 unspecified atom stereocenters. The molecule has 0 aliphatic rings. The second kappa shape index (κ2) is 10.5. The van der Waals surface area contributed by atoms with Crippen LogP contribution in [0.5, 0.6) is 0 Å². The van der Waals surface area contributed by atoms with E-state index in [0.29, 0.717) is 5.92 Å². The molecule has 0 atom stereocenters. The Kier molecular flexibility index (Phi) is 9.71. The van der Waals surface area contributed by atoms with E-state index in [1.807, 2.05) is 6.07 Å². The van der Waals surface area contributed by atoms with Crippen molar-refractivity contribution < 1.29 is 4.92 Å². The predicted molar refractivity (Wildman–Crippen MR) is 80.2 cm³/mol. The second-order valence-electron chi connectivity index (χ2n) is 5.00. The highest BCUT2D eigenvalue weighted by Crippen LogP contribution is 2.15. The van der Waals surface area contributed by atoms with Crippen molar-refractivity contribution in [3.05, 3.63) is 39.9 Å². The van der Waals surface area contributed by atoms with Gasteiger partial charge in [-0.25, -0.2) is 0 Å². The van der Waals surface area contributed by atoms with Gasteiger partial charge in [0.15, 0.2) is 0 Å². The fourth-order valence-corrected chi connectivity index (χ4v) is 1.49. The SMILES string of the molecule is CC(C)CCc1cccc([N+](=O)[O-])c1.CCCCN. The third-order valence-electron chi connectivity index (χ3n) is 2.69. The van der Waals surface area contributed by atoms with E-state index < -0.39 is 0 Å². The van der Waals surface area contributed by atoms with Gasteiger partial charge in [-0.2, -0.15) is 0 Å². The maximum Gasteiger partial charge on any atom is 0.269 e. The highest BCUT2D eigenvalue weighted by atomic mass is 16.6. The molecule has 0 bridgehead atoms. The summed E-state index contributed by atoms with van der Waals surface area (Å²) < 4.78 is 0. The lowest BCUT2D eigenvalue weighted by molar-refractivity contribution is -0.384. The van der Waals surface area contributed by atoms with Gasteiger partial charge in [-0.15, -0.1) is 0 Å². The van der Waals surface area contributed by atoms with Crippen LogP contribution in [-0.4, -0.2) is 11.5 Å². The molecule has 0 fully saturated rings. The van der Waals surface area contributed by atoms with Crippen molar-refractivity contribution in [2.24, 2.45) is 11.7 Å². The minimum absolute atomic E-state index is 0.186. The molecule has 19 heavy (non-hydrogen) atoms. The number of non-ortho nitro benzene ring substituents is 1. The smallest absolute Gasteiger partial charge is 0.269 e. The molecule has 108 valence electrons. The summed E-state index contributed by atoms with van der Waals surface area (Å²) in [6.45, 7) is 7.28. The molecule has 0 amide bonds. The largest absolute Gasteiger partial charge is 0.330 e. The van der Waals surface area contributed by atoms with Crippen LogP contribution in [0.25, 0.3) is 0 Å². The predicted octanol–water partition coefficient (Wildman–Crippen LogP) is 3.93. The van der Waals surface area contributed by atoms with Crippen molar-refractivity contribution in [3.63, 3.8) is 0 Å². The van der Waals surface area contributed by atoms with Gasteiger partial charge in [-0.05, 0) is 37.3 Å². The van der Waals surface area contributed by atoms with Crippen molar-refractivity contribution in [3.8, 4) is 0 Å². The monoisotopic (exact) mass is 266 g/mol. The summed E-state index contributed by atoms with van der Waals surface area (Å²) in [7, 11) is 0. The summed E-state index contributed by atoms with van der Waals surface area (Å²) in [4.78, 5) is 10.1. The van der Waals surface area contributed by atoms with E-state index in [1.165, 1.54) is 18.9 Å². The Morgan fingerprint density at radius 1 is 1.37 bits per heavy atom. The van der Waals surface area contributed by atoms with Crippen molar-refractivity contribution in [2.75, 3.05) is 6.54 Å². The summed E-state index contributed by atoms with van der Waals surface area (Å²) >= 11 is 0. The van der Waals surface area contributed by atoms with E-state index in [0.717, 1.165) is 24.9 Å². The summed E-state index contributed by atoms with van der Waals surface area (Å²) in [5, 5.41) is 10.5. The van der Waals surface area contributed by atoms with Crippen LogP contribution in [0, 0.1) is 16.0 Å². The van der Waals surface area contributed by atoms with Crippen LogP contribution >= 0.6 is 0 Å². The van der Waals surface area contributed by atoms with Crippen LogP contribution in [0.15, 0.2) is 24.3 Å². The molecular weight excluding hydrogens is 240 g/mol. The molecule has 0 aliphatic heterocycles. The van der Waals surface area contributed by atoms with E-state index in [-0.39, 0.29) is 10.6 Å². The molecule has 0 heterocycles. The van der Waals surface area contributed by atoms with Crippen molar-refractivity contribution in [2.45, 2.75) is 46.5 Å². The van der Waals surface area contributed by atoms with Crippen LogP contribution in [0.4, 0.5) is 5.69 Å². The van der Waals surface area contributed by atoms with Gasteiger partial charge in [-0.3, -0.25) is 10.1 Å². The number of nitrogens with zero attached hydrogens (tertiary/aromatic N) is 1. The van der Waals surface area contributed by atoms with Gasteiger partial charge in [-0.1, -0.05) is 39.3 Å². The Hall–Kier alpha value is -1.42. The fraction of sp³-hybridized carbons (Fsp3) is 0.600. The maximum absolute atomic E-state index is 10.5. The van der Waals surface area contributed by atoms with Crippen LogP contribution in [-0.2, 0) is 6.42 Å². The lowest BCUT2D eigenvalue weighted by Crippen LogP contribution is -1.95. The Morgan fingerprint density at radius 2 is 2.05 bits per heavy atom. The molecule has 0 aromatic heterocycles. The van der Waals surface area contributed by atoms with Crippen LogP contribution in [0.2, 0.25) is 0 Å². The normalized spacial score (nSPS) is 9.95. The number of rotatable bonds is 6. The number of aryl methyl sites for hydroxylation is 1. The Bertz CT molecular complexity index is 363. The summed E-state index contributed by atoms with van der Waals surface area (Å²) in [6, 6.07) is 6.87. The molecule has 0 aliphatic carbocycles. The molecule has 1 aromatic rings. The number of hydrogen-bond donors (Lipinski definition) is 1. The van der Waals surface area contributed by atoms with Crippen molar-refractivity contribution >= 4 is 5.69 Å². The van der Waals surface area contributed by atoms with Gasteiger partial charge in [0.25, 0.3) is 5.69 Å². The number of nitro groups is 1. The fourth-order valence-electron chi connectivity index (χ4n) is 1.49. The number of nitro benzene ring substituents is 1. The molecule has 0 spiro atoms. The van der Waals surface area contributed by atoms with Crippen molar-refractivity contribution in [1.29, 1.82) is 0 Å². The van der Waals surface area contributed by atoms with Crippen LogP contribution < -0.4 is 5.73 Å². The second-order valence-corrected chi connectivity index (χ2v) is 5.00. The Balaban J connectivity index is 0.000000555. The average Bonchev–Trinajstić information content (AvgIpc) is 2.38. The lowest BCUT2D eigenvalue weighted by atomic mass is 10.0. The first kappa shape index (κ1) is 17.6. The van der Waals surface area contributed by atoms with E-state index in [9.17, 15) is 10.1 Å². The molecule has 1 aromatic carbocycles. The zero-order valence-corrected chi connectivity index (χ0v) is 12.3. The standard InChI is InChI=1S/C11H15NO2.C4H11N/c1-9(2)6-7-10-4-3-5-11(8-10)12(13)14;1-2-3-4-5/h3-5,8-9H,6-7H2,1-2H3;2-5H2,1H3. The molecular formula is C15H26N2O2. The number of unbranched alkanes of at least 4 members (excludes halogenated alkanes) is 1. The number of nitrogens with two attached hydrogens (primary N) is 1. The summed E-state index contributed by atoms with van der Waals surface area (Å²) in [6.07, 6.45) is 4.37. The van der Waals surface area contributed by atoms with Gasteiger partial charge in [0.1, 0.15) is 0 Å². The Labute approximate surface area is 116 Å². The molecule has 0 saturated heterocycles.